The van der Waals surface area contributed by atoms with E-state index in [1.807, 2.05) is 0 Å². The third-order valence-corrected chi connectivity index (χ3v) is 1.97. The topological polar surface area (TPSA) is 79.5 Å². The number of rotatable bonds is 3. The first kappa shape index (κ1) is 11.3. The van der Waals surface area contributed by atoms with E-state index in [-0.39, 0.29) is 5.76 Å². The molecule has 2 N–H and O–H groups in total. The van der Waals surface area contributed by atoms with Crippen LogP contribution in [0.15, 0.2) is 10.5 Å². The average molecular weight is 211 g/mol. The fourth-order valence-corrected chi connectivity index (χ4v) is 1.19. The summed E-state index contributed by atoms with van der Waals surface area (Å²) in [5.74, 6) is -0.791. The summed E-state index contributed by atoms with van der Waals surface area (Å²) in [5, 5.41) is 10.9. The van der Waals surface area contributed by atoms with E-state index in [1.54, 1.807) is 19.9 Å². The molecule has 0 bridgehead atoms. The van der Waals surface area contributed by atoms with Gasteiger partial charge in [0.15, 0.2) is 5.76 Å². The number of aryl methyl sites for hydroxylation is 2. The molecule has 1 aromatic heterocycles. The quantitative estimate of drug-likeness (QED) is 0.784. The molecule has 0 radical (unpaired) electrons. The number of aliphatic carboxylic acids is 1. The van der Waals surface area contributed by atoms with Crippen LogP contribution in [-0.2, 0) is 4.79 Å². The normalized spacial score (nSPS) is 12.2. The molecule has 1 heterocycles. The molecule has 1 rings (SSSR count). The summed E-state index contributed by atoms with van der Waals surface area (Å²) < 4.78 is 5.15. The molecule has 0 aromatic carbocycles. The Balaban J connectivity index is 2.77. The molecule has 82 valence electrons. The highest BCUT2D eigenvalue weighted by Gasteiger charge is 2.19. The first-order chi connectivity index (χ1) is 6.91. The van der Waals surface area contributed by atoms with Crippen molar-refractivity contribution in [2.75, 3.05) is 0 Å². The summed E-state index contributed by atoms with van der Waals surface area (Å²) in [6.45, 7) is 4.85. The number of nitrogens with one attached hydrogen (secondary N) is 1. The van der Waals surface area contributed by atoms with Gasteiger partial charge in [-0.05, 0) is 26.8 Å². The van der Waals surface area contributed by atoms with Gasteiger partial charge in [0.05, 0.1) is 0 Å². The summed E-state index contributed by atoms with van der Waals surface area (Å²) >= 11 is 0. The number of hydrogen-bond donors (Lipinski definition) is 2. The predicted molar refractivity (Wildman–Crippen MR) is 52.7 cm³/mol. The highest BCUT2D eigenvalue weighted by atomic mass is 16.4. The van der Waals surface area contributed by atoms with E-state index in [4.69, 9.17) is 9.52 Å². The summed E-state index contributed by atoms with van der Waals surface area (Å²) in [4.78, 5) is 22.0. The Kier molecular flexibility index (Phi) is 3.14. The Hall–Kier alpha value is -1.78. The van der Waals surface area contributed by atoms with Gasteiger partial charge >= 0.3 is 5.97 Å². The highest BCUT2D eigenvalue weighted by molar-refractivity contribution is 5.95. The lowest BCUT2D eigenvalue weighted by atomic mass is 10.2. The Morgan fingerprint density at radius 2 is 2.07 bits per heavy atom. The summed E-state index contributed by atoms with van der Waals surface area (Å²) in [5.41, 5.74) is 0.697. The van der Waals surface area contributed by atoms with Gasteiger partial charge < -0.3 is 14.8 Å². The Morgan fingerprint density at radius 1 is 1.47 bits per heavy atom. The van der Waals surface area contributed by atoms with Crippen LogP contribution in [0.1, 0.15) is 28.8 Å². The molecular formula is C10H13NO4. The maximum absolute atomic E-state index is 11.5. The molecule has 0 spiro atoms. The van der Waals surface area contributed by atoms with Crippen molar-refractivity contribution in [2.45, 2.75) is 26.8 Å². The summed E-state index contributed by atoms with van der Waals surface area (Å²) in [7, 11) is 0. The molecule has 5 heteroatoms. The van der Waals surface area contributed by atoms with Gasteiger partial charge in [-0.1, -0.05) is 0 Å². The van der Waals surface area contributed by atoms with Crippen LogP contribution >= 0.6 is 0 Å². The fourth-order valence-electron chi connectivity index (χ4n) is 1.19. The highest BCUT2D eigenvalue weighted by Crippen LogP contribution is 2.13. The van der Waals surface area contributed by atoms with Crippen molar-refractivity contribution in [3.63, 3.8) is 0 Å². The van der Waals surface area contributed by atoms with Crippen LogP contribution in [0, 0.1) is 13.8 Å². The van der Waals surface area contributed by atoms with Gasteiger partial charge in [-0.15, -0.1) is 0 Å². The minimum Gasteiger partial charge on any atom is -0.480 e. The zero-order valence-corrected chi connectivity index (χ0v) is 8.83. The number of carboxylic acid groups (broad SMARTS) is 1. The molecule has 1 aromatic rings. The van der Waals surface area contributed by atoms with Crippen molar-refractivity contribution in [1.82, 2.24) is 5.32 Å². The largest absolute Gasteiger partial charge is 0.480 e. The standard InChI is InChI=1S/C10H13NO4/c1-5-4-6(2)15-8(5)9(12)11-7(3)10(13)14/h4,7H,1-3H3,(H,11,12)(H,13,14)/t7-/m0/s1. The lowest BCUT2D eigenvalue weighted by Crippen LogP contribution is -2.38. The van der Waals surface area contributed by atoms with Gasteiger partial charge in [0.1, 0.15) is 11.8 Å². The summed E-state index contributed by atoms with van der Waals surface area (Å²) in [6, 6.07) is 0.794. The average Bonchev–Trinajstić information content (AvgIpc) is 2.44. The van der Waals surface area contributed by atoms with Crippen molar-refractivity contribution in [3.05, 3.63) is 23.2 Å². The van der Waals surface area contributed by atoms with E-state index in [9.17, 15) is 9.59 Å². The van der Waals surface area contributed by atoms with Crippen LogP contribution in [0.25, 0.3) is 0 Å². The van der Waals surface area contributed by atoms with E-state index in [2.05, 4.69) is 5.32 Å². The van der Waals surface area contributed by atoms with Gasteiger partial charge in [-0.2, -0.15) is 0 Å². The van der Waals surface area contributed by atoms with Crippen LogP contribution in [0.4, 0.5) is 0 Å². The second-order valence-corrected chi connectivity index (χ2v) is 3.40. The lowest BCUT2D eigenvalue weighted by molar-refractivity contribution is -0.138. The van der Waals surface area contributed by atoms with Gasteiger partial charge in [-0.25, -0.2) is 0 Å². The van der Waals surface area contributed by atoms with Gasteiger partial charge in [0, 0.05) is 5.56 Å². The van der Waals surface area contributed by atoms with E-state index in [0.717, 1.165) is 0 Å². The predicted octanol–water partition coefficient (Wildman–Crippen LogP) is 1.10. The van der Waals surface area contributed by atoms with Crippen molar-refractivity contribution in [1.29, 1.82) is 0 Å². The zero-order chi connectivity index (χ0) is 11.6. The van der Waals surface area contributed by atoms with Gasteiger partial charge in [-0.3, -0.25) is 9.59 Å². The first-order valence-corrected chi connectivity index (χ1v) is 4.52. The monoisotopic (exact) mass is 211 g/mol. The van der Waals surface area contributed by atoms with E-state index in [0.29, 0.717) is 11.3 Å². The molecule has 0 saturated carbocycles. The van der Waals surface area contributed by atoms with Crippen LogP contribution in [0.3, 0.4) is 0 Å². The molecule has 1 amide bonds. The van der Waals surface area contributed by atoms with Crippen molar-refractivity contribution in [3.8, 4) is 0 Å². The minimum absolute atomic E-state index is 0.167. The number of hydrogen-bond acceptors (Lipinski definition) is 3. The fraction of sp³-hybridized carbons (Fsp3) is 0.400. The SMILES string of the molecule is Cc1cc(C)c(C(=O)N[C@@H](C)C(=O)O)o1. The maximum Gasteiger partial charge on any atom is 0.325 e. The second-order valence-electron chi connectivity index (χ2n) is 3.40. The van der Waals surface area contributed by atoms with Crippen LogP contribution in [0.5, 0.6) is 0 Å². The van der Waals surface area contributed by atoms with E-state index >= 15 is 0 Å². The Labute approximate surface area is 87.1 Å². The molecule has 5 nitrogen and oxygen atoms in total. The van der Waals surface area contributed by atoms with Crippen molar-refractivity contribution in [2.24, 2.45) is 0 Å². The number of carbonyl (C=O) groups excluding carboxylic acids is 1. The molecule has 0 aliphatic carbocycles. The van der Waals surface area contributed by atoms with E-state index < -0.39 is 17.9 Å². The number of carbonyl (C=O) groups is 2. The molecule has 0 unspecified atom stereocenters. The third kappa shape index (κ3) is 2.59. The van der Waals surface area contributed by atoms with Crippen LogP contribution < -0.4 is 5.32 Å². The van der Waals surface area contributed by atoms with E-state index in [1.165, 1.54) is 6.92 Å². The number of amides is 1. The van der Waals surface area contributed by atoms with Crippen LogP contribution in [-0.4, -0.2) is 23.0 Å². The van der Waals surface area contributed by atoms with Crippen molar-refractivity contribution >= 4 is 11.9 Å². The first-order valence-electron chi connectivity index (χ1n) is 4.52. The molecule has 0 fully saturated rings. The van der Waals surface area contributed by atoms with Gasteiger partial charge in [0.2, 0.25) is 0 Å². The van der Waals surface area contributed by atoms with Crippen LogP contribution in [0.2, 0.25) is 0 Å². The number of carboxylic acids is 1. The number of furan rings is 1. The molecule has 15 heavy (non-hydrogen) atoms. The molecule has 0 saturated heterocycles. The molecule has 0 aliphatic rings. The van der Waals surface area contributed by atoms with Gasteiger partial charge in [0.25, 0.3) is 5.91 Å². The smallest absolute Gasteiger partial charge is 0.325 e. The van der Waals surface area contributed by atoms with Crippen molar-refractivity contribution < 1.29 is 19.1 Å². The molecular weight excluding hydrogens is 198 g/mol. The second kappa shape index (κ2) is 4.16. The minimum atomic E-state index is -1.08. The zero-order valence-electron chi connectivity index (χ0n) is 8.83. The maximum atomic E-state index is 11.5. The summed E-state index contributed by atoms with van der Waals surface area (Å²) in [6.07, 6.45) is 0. The third-order valence-electron chi connectivity index (χ3n) is 1.97. The Bertz CT molecular complexity index is 394. The molecule has 1 atom stereocenters. The Morgan fingerprint density at radius 3 is 2.47 bits per heavy atom. The lowest BCUT2D eigenvalue weighted by Gasteiger charge is -2.07. The molecule has 0 aliphatic heterocycles.